The highest BCUT2D eigenvalue weighted by Crippen LogP contribution is 2.16. The molecular formula is C10H11ClN6OS. The minimum atomic E-state index is -0.381. The molecule has 0 spiro atoms. The molecule has 3 heterocycles. The molecule has 3 aromatic rings. The average Bonchev–Trinajstić information content (AvgIpc) is 2.91. The highest BCUT2D eigenvalue weighted by atomic mass is 35.5. The number of H-pyrrole nitrogens is 1. The summed E-state index contributed by atoms with van der Waals surface area (Å²) in [6.45, 7) is 0.516. The summed E-state index contributed by atoms with van der Waals surface area (Å²) in [4.78, 5) is 22.2. The van der Waals surface area contributed by atoms with Gasteiger partial charge in [0.15, 0.2) is 11.2 Å². The van der Waals surface area contributed by atoms with Crippen molar-refractivity contribution in [2.75, 3.05) is 11.5 Å². The summed E-state index contributed by atoms with van der Waals surface area (Å²) < 4.78 is 1.67. The molecule has 0 aromatic carbocycles. The number of rotatable bonds is 2. The molecule has 19 heavy (non-hydrogen) atoms. The number of anilines is 2. The van der Waals surface area contributed by atoms with Crippen molar-refractivity contribution in [3.05, 3.63) is 32.7 Å². The molecule has 7 nitrogen and oxygen atoms in total. The molecule has 0 bridgehead atoms. The second-order valence-electron chi connectivity index (χ2n) is 3.81. The molecule has 0 aliphatic carbocycles. The van der Waals surface area contributed by atoms with Crippen LogP contribution in [-0.2, 0) is 6.54 Å². The number of nitrogens with zero attached hydrogens (tertiary/aromatic N) is 3. The molecule has 0 fully saturated rings. The van der Waals surface area contributed by atoms with E-state index in [1.807, 2.05) is 16.8 Å². The molecule has 0 unspecified atom stereocenters. The van der Waals surface area contributed by atoms with E-state index in [1.54, 1.807) is 15.9 Å². The van der Waals surface area contributed by atoms with Crippen LogP contribution in [0.5, 0.6) is 0 Å². The molecule has 0 saturated heterocycles. The predicted octanol–water partition coefficient (Wildman–Crippen LogP) is 0.816. The number of aromatic amines is 1. The van der Waals surface area contributed by atoms with Crippen molar-refractivity contribution in [3.63, 3.8) is 0 Å². The summed E-state index contributed by atoms with van der Waals surface area (Å²) in [5, 5.41) is 3.97. The number of nitrogens with two attached hydrogens (primary N) is 2. The monoisotopic (exact) mass is 298 g/mol. The number of aromatic nitrogens is 4. The van der Waals surface area contributed by atoms with Gasteiger partial charge in [0.1, 0.15) is 0 Å². The number of fused-ring (bicyclic) bond motifs is 1. The van der Waals surface area contributed by atoms with E-state index < -0.39 is 0 Å². The van der Waals surface area contributed by atoms with Crippen molar-refractivity contribution < 1.29 is 0 Å². The van der Waals surface area contributed by atoms with Gasteiger partial charge >= 0.3 is 0 Å². The Kier molecular flexibility index (Phi) is 3.45. The topological polar surface area (TPSA) is 116 Å². The van der Waals surface area contributed by atoms with E-state index >= 15 is 0 Å². The summed E-state index contributed by atoms with van der Waals surface area (Å²) in [6, 6.07) is 1.98. The molecule has 3 rings (SSSR count). The van der Waals surface area contributed by atoms with E-state index in [4.69, 9.17) is 11.5 Å². The Balaban J connectivity index is 0.00000133. The number of hydrogen-bond donors (Lipinski definition) is 3. The lowest BCUT2D eigenvalue weighted by molar-refractivity contribution is 0.830. The second kappa shape index (κ2) is 4.90. The lowest BCUT2D eigenvalue weighted by Gasteiger charge is -2.03. The number of thiophene rings is 1. The van der Waals surface area contributed by atoms with Gasteiger partial charge in [0.25, 0.3) is 5.56 Å². The number of halogens is 1. The molecule has 3 aromatic heterocycles. The Morgan fingerprint density at radius 1 is 1.37 bits per heavy atom. The highest BCUT2D eigenvalue weighted by molar-refractivity contribution is 7.07. The Labute approximate surface area is 117 Å². The fourth-order valence-corrected chi connectivity index (χ4v) is 2.43. The van der Waals surface area contributed by atoms with Crippen LogP contribution in [0.1, 0.15) is 5.56 Å². The Morgan fingerprint density at radius 2 is 2.16 bits per heavy atom. The Morgan fingerprint density at radius 3 is 2.84 bits per heavy atom. The Hall–Kier alpha value is -2.06. The zero-order valence-electron chi connectivity index (χ0n) is 9.66. The maximum atomic E-state index is 11.7. The van der Waals surface area contributed by atoms with Gasteiger partial charge in [-0.1, -0.05) is 0 Å². The molecule has 0 aliphatic rings. The first-order valence-electron chi connectivity index (χ1n) is 5.17. The third kappa shape index (κ3) is 2.27. The van der Waals surface area contributed by atoms with Crippen molar-refractivity contribution in [2.24, 2.45) is 0 Å². The molecule has 9 heteroatoms. The van der Waals surface area contributed by atoms with Gasteiger partial charge in [-0.05, 0) is 22.4 Å². The van der Waals surface area contributed by atoms with Gasteiger partial charge < -0.3 is 11.5 Å². The van der Waals surface area contributed by atoms with Crippen LogP contribution in [0.2, 0.25) is 0 Å². The Bertz CT molecular complexity index is 762. The first kappa shape index (κ1) is 13.4. The van der Waals surface area contributed by atoms with Crippen molar-refractivity contribution in [2.45, 2.75) is 6.54 Å². The number of imidazole rings is 1. The van der Waals surface area contributed by atoms with Crippen molar-refractivity contribution in [3.8, 4) is 0 Å². The van der Waals surface area contributed by atoms with Crippen molar-refractivity contribution in [1.82, 2.24) is 19.5 Å². The summed E-state index contributed by atoms with van der Waals surface area (Å²) in [5.74, 6) is 0.304. The van der Waals surface area contributed by atoms with Crippen LogP contribution in [0.4, 0.5) is 11.9 Å². The molecule has 0 aliphatic heterocycles. The molecule has 100 valence electrons. The van der Waals surface area contributed by atoms with E-state index in [2.05, 4.69) is 15.0 Å². The van der Waals surface area contributed by atoms with Gasteiger partial charge in [-0.25, -0.2) is 4.98 Å². The number of nitrogens with one attached hydrogen (secondary N) is 1. The molecule has 0 saturated carbocycles. The molecule has 0 amide bonds. The van der Waals surface area contributed by atoms with E-state index in [-0.39, 0.29) is 35.4 Å². The van der Waals surface area contributed by atoms with Crippen LogP contribution in [-0.4, -0.2) is 19.5 Å². The molecule has 5 N–H and O–H groups in total. The minimum absolute atomic E-state index is 0. The molecular weight excluding hydrogens is 288 g/mol. The van der Waals surface area contributed by atoms with E-state index in [1.165, 1.54) is 0 Å². The van der Waals surface area contributed by atoms with Gasteiger partial charge in [-0.15, -0.1) is 12.4 Å². The van der Waals surface area contributed by atoms with Crippen molar-refractivity contribution in [1.29, 1.82) is 0 Å². The summed E-state index contributed by atoms with van der Waals surface area (Å²) in [7, 11) is 0. The van der Waals surface area contributed by atoms with Gasteiger partial charge in [0.2, 0.25) is 11.9 Å². The maximum Gasteiger partial charge on any atom is 0.280 e. The quantitative estimate of drug-likeness (QED) is 0.647. The van der Waals surface area contributed by atoms with Crippen LogP contribution >= 0.6 is 23.7 Å². The first-order chi connectivity index (χ1) is 8.65. The third-order valence-electron chi connectivity index (χ3n) is 2.57. The lowest BCUT2D eigenvalue weighted by Crippen LogP contribution is -2.12. The second-order valence-corrected chi connectivity index (χ2v) is 4.59. The van der Waals surface area contributed by atoms with Crippen LogP contribution < -0.4 is 17.0 Å². The fourth-order valence-electron chi connectivity index (χ4n) is 1.77. The van der Waals surface area contributed by atoms with Crippen LogP contribution in [0.3, 0.4) is 0 Å². The van der Waals surface area contributed by atoms with Gasteiger partial charge in [0, 0.05) is 0 Å². The van der Waals surface area contributed by atoms with Crippen LogP contribution in [0.15, 0.2) is 21.6 Å². The van der Waals surface area contributed by atoms with Crippen molar-refractivity contribution >= 4 is 46.8 Å². The standard InChI is InChI=1S/C10H10N6OS.ClH/c11-9-14-7-6(8(17)15-9)13-10(12)16(7)3-5-1-2-18-4-5;/h1-2,4H,3H2,(H2,12,13)(H3,11,14,15,17);1H. The van der Waals surface area contributed by atoms with Gasteiger partial charge in [0.05, 0.1) is 6.54 Å². The molecule has 0 atom stereocenters. The van der Waals surface area contributed by atoms with E-state index in [9.17, 15) is 4.79 Å². The summed E-state index contributed by atoms with van der Waals surface area (Å²) in [5.41, 5.74) is 12.6. The normalized spacial score (nSPS) is 10.5. The highest BCUT2D eigenvalue weighted by Gasteiger charge is 2.13. The van der Waals surface area contributed by atoms with Crippen LogP contribution in [0, 0.1) is 0 Å². The van der Waals surface area contributed by atoms with Gasteiger partial charge in [-0.2, -0.15) is 16.3 Å². The maximum absolute atomic E-state index is 11.7. The van der Waals surface area contributed by atoms with Crippen LogP contribution in [0.25, 0.3) is 11.2 Å². The number of nitrogen functional groups attached to an aromatic ring is 2. The van der Waals surface area contributed by atoms with E-state index in [0.29, 0.717) is 12.2 Å². The molecule has 0 radical (unpaired) electrons. The average molecular weight is 299 g/mol. The predicted molar refractivity (Wildman–Crippen MR) is 77.6 cm³/mol. The minimum Gasteiger partial charge on any atom is -0.369 e. The fraction of sp³-hybridized carbons (Fsp3) is 0.100. The summed E-state index contributed by atoms with van der Waals surface area (Å²) >= 11 is 1.59. The largest absolute Gasteiger partial charge is 0.369 e. The van der Waals surface area contributed by atoms with Gasteiger partial charge in [-0.3, -0.25) is 14.3 Å². The van der Waals surface area contributed by atoms with E-state index in [0.717, 1.165) is 5.56 Å². The SMILES string of the molecule is Cl.Nc1nc2c(nc(N)n2Cc2ccsc2)c(=O)[nH]1. The first-order valence-corrected chi connectivity index (χ1v) is 6.12. The third-order valence-corrected chi connectivity index (χ3v) is 3.31. The zero-order valence-corrected chi connectivity index (χ0v) is 11.3. The summed E-state index contributed by atoms with van der Waals surface area (Å²) in [6.07, 6.45) is 0. The lowest BCUT2D eigenvalue weighted by atomic mass is 10.3. The smallest absolute Gasteiger partial charge is 0.280 e. The zero-order chi connectivity index (χ0) is 12.7. The number of hydrogen-bond acceptors (Lipinski definition) is 6.